The van der Waals surface area contributed by atoms with Gasteiger partial charge in [0.15, 0.2) is 5.78 Å². The average Bonchev–Trinajstić information content (AvgIpc) is 3.45. The SMILES string of the molecule is C[C@@H](COC(=O)/C=C/COC(=O)c1cc(S(N)(=O)=O)c(Cl)cc1NCc1ccco1)N[C@H](C)C(=O)c1cc(F)cc(F)c1. The minimum Gasteiger partial charge on any atom is -0.467 e. The number of hydrogen-bond acceptors (Lipinski definition) is 10. The Kier molecular flexibility index (Phi) is 11.5. The highest BCUT2D eigenvalue weighted by Crippen LogP contribution is 2.29. The van der Waals surface area contributed by atoms with Gasteiger partial charge in [0.1, 0.15) is 35.5 Å². The van der Waals surface area contributed by atoms with Crippen molar-refractivity contribution in [3.05, 3.63) is 94.4 Å². The molecule has 1 aromatic heterocycles. The van der Waals surface area contributed by atoms with Gasteiger partial charge >= 0.3 is 11.9 Å². The van der Waals surface area contributed by atoms with Crippen LogP contribution in [0.3, 0.4) is 0 Å². The molecule has 230 valence electrons. The predicted octanol–water partition coefficient (Wildman–Crippen LogP) is 3.98. The van der Waals surface area contributed by atoms with Gasteiger partial charge in [0.2, 0.25) is 10.0 Å². The molecule has 0 spiro atoms. The minimum absolute atomic E-state index is 0.140. The molecule has 0 aliphatic carbocycles. The van der Waals surface area contributed by atoms with Crippen LogP contribution in [-0.4, -0.2) is 51.4 Å². The fraction of sp³-hybridized carbons (Fsp3) is 0.250. The molecule has 3 aromatic rings. The number of sulfonamides is 1. The number of Topliss-reactive ketones (excluding diaryl/α,β-unsaturated/α-hetero) is 1. The summed E-state index contributed by atoms with van der Waals surface area (Å²) in [6.07, 6.45) is 3.67. The first-order valence-electron chi connectivity index (χ1n) is 12.6. The standard InChI is InChI=1S/C28H28ClF2N3O8S/c1-16(34-17(2)27(36)18-9-19(30)11-20(31)10-18)15-42-26(35)6-4-8-41-28(37)22-12-25(43(32,38)39)23(29)13-24(22)33-14-21-5-3-7-40-21/h3-7,9-13,16-17,33-34H,8,14-15H2,1-2H3,(H2,32,38,39)/b6-4+/t16-,17+/m0/s1. The second-order valence-electron chi connectivity index (χ2n) is 9.25. The zero-order valence-electron chi connectivity index (χ0n) is 22.9. The lowest BCUT2D eigenvalue weighted by Crippen LogP contribution is -2.42. The summed E-state index contributed by atoms with van der Waals surface area (Å²) in [7, 11) is -4.26. The number of furan rings is 1. The Morgan fingerprint density at radius 3 is 2.42 bits per heavy atom. The summed E-state index contributed by atoms with van der Waals surface area (Å²) in [5.74, 6) is -3.48. The molecule has 0 amide bonds. The highest BCUT2D eigenvalue weighted by atomic mass is 35.5. The molecular formula is C28H28ClF2N3O8S. The molecule has 15 heteroatoms. The fourth-order valence-electron chi connectivity index (χ4n) is 3.78. The van der Waals surface area contributed by atoms with E-state index in [9.17, 15) is 31.6 Å². The number of nitrogens with two attached hydrogens (primary N) is 1. The molecule has 0 bridgehead atoms. The number of ketones is 1. The largest absolute Gasteiger partial charge is 0.467 e. The van der Waals surface area contributed by atoms with Crippen LogP contribution in [0.2, 0.25) is 5.02 Å². The molecule has 43 heavy (non-hydrogen) atoms. The molecule has 0 radical (unpaired) electrons. The monoisotopic (exact) mass is 639 g/mol. The predicted molar refractivity (Wildman–Crippen MR) is 152 cm³/mol. The number of anilines is 1. The molecule has 0 fully saturated rings. The van der Waals surface area contributed by atoms with Gasteiger partial charge in [0, 0.05) is 23.7 Å². The summed E-state index contributed by atoms with van der Waals surface area (Å²) in [4.78, 5) is 36.8. The molecular weight excluding hydrogens is 612 g/mol. The summed E-state index contributed by atoms with van der Waals surface area (Å²) < 4.78 is 66.1. The normalized spacial score (nSPS) is 13.0. The van der Waals surface area contributed by atoms with Crippen molar-refractivity contribution in [3.8, 4) is 0 Å². The first kappa shape index (κ1) is 33.4. The Bertz CT molecular complexity index is 1590. The number of carbonyl (C=O) groups is 3. The maximum absolute atomic E-state index is 13.4. The summed E-state index contributed by atoms with van der Waals surface area (Å²) in [5.41, 5.74) is -0.168. The van der Waals surface area contributed by atoms with Crippen LogP contribution in [0.15, 0.2) is 70.2 Å². The van der Waals surface area contributed by atoms with E-state index in [2.05, 4.69) is 10.6 Å². The Balaban J connectivity index is 1.53. The molecule has 1 heterocycles. The number of esters is 2. The lowest BCUT2D eigenvalue weighted by atomic mass is 10.0. The van der Waals surface area contributed by atoms with Crippen molar-refractivity contribution in [2.45, 2.75) is 37.4 Å². The van der Waals surface area contributed by atoms with Crippen molar-refractivity contribution in [3.63, 3.8) is 0 Å². The molecule has 4 N–H and O–H groups in total. The Morgan fingerprint density at radius 2 is 1.79 bits per heavy atom. The summed E-state index contributed by atoms with van der Waals surface area (Å²) in [6, 6.07) is 6.72. The summed E-state index contributed by atoms with van der Waals surface area (Å²) >= 11 is 6.06. The van der Waals surface area contributed by atoms with Crippen molar-refractivity contribution in [1.29, 1.82) is 0 Å². The van der Waals surface area contributed by atoms with Gasteiger partial charge in [-0.05, 0) is 56.3 Å². The number of benzene rings is 2. The van der Waals surface area contributed by atoms with Crippen LogP contribution >= 0.6 is 11.6 Å². The Labute approximate surface area is 251 Å². The van der Waals surface area contributed by atoms with Crippen LogP contribution in [-0.2, 0) is 30.8 Å². The number of rotatable bonds is 14. The van der Waals surface area contributed by atoms with E-state index in [-0.39, 0.29) is 41.6 Å². The quantitative estimate of drug-likeness (QED) is 0.133. The molecule has 3 rings (SSSR count). The average molecular weight is 640 g/mol. The van der Waals surface area contributed by atoms with Gasteiger partial charge < -0.3 is 24.5 Å². The number of nitrogens with one attached hydrogen (secondary N) is 2. The molecule has 0 aliphatic rings. The molecule has 2 aromatic carbocycles. The minimum atomic E-state index is -4.26. The lowest BCUT2D eigenvalue weighted by molar-refractivity contribution is -0.138. The van der Waals surface area contributed by atoms with E-state index in [0.717, 1.165) is 24.3 Å². The second-order valence-corrected chi connectivity index (χ2v) is 11.2. The molecule has 11 nitrogen and oxygen atoms in total. The van der Waals surface area contributed by atoms with Gasteiger partial charge in [-0.25, -0.2) is 31.9 Å². The zero-order valence-corrected chi connectivity index (χ0v) is 24.5. The Morgan fingerprint density at radius 1 is 1.09 bits per heavy atom. The summed E-state index contributed by atoms with van der Waals surface area (Å²) in [5, 5.41) is 10.8. The van der Waals surface area contributed by atoms with Crippen molar-refractivity contribution in [1.82, 2.24) is 5.32 Å². The molecule has 0 saturated carbocycles. The van der Waals surface area contributed by atoms with Gasteiger partial charge in [-0.15, -0.1) is 0 Å². The van der Waals surface area contributed by atoms with E-state index in [1.165, 1.54) is 25.3 Å². The summed E-state index contributed by atoms with van der Waals surface area (Å²) in [6.45, 7) is 2.76. The topological polar surface area (TPSA) is 167 Å². The lowest BCUT2D eigenvalue weighted by Gasteiger charge is -2.19. The van der Waals surface area contributed by atoms with Crippen molar-refractivity contribution < 1.29 is 45.5 Å². The van der Waals surface area contributed by atoms with Crippen LogP contribution in [0.25, 0.3) is 0 Å². The van der Waals surface area contributed by atoms with Gasteiger partial charge in [-0.2, -0.15) is 0 Å². The van der Waals surface area contributed by atoms with Crippen molar-refractivity contribution in [2.75, 3.05) is 18.5 Å². The third-order valence-corrected chi connectivity index (χ3v) is 7.12. The van der Waals surface area contributed by atoms with E-state index >= 15 is 0 Å². The molecule has 0 saturated heterocycles. The van der Waals surface area contributed by atoms with Gasteiger partial charge in [0.25, 0.3) is 0 Å². The van der Waals surface area contributed by atoms with Crippen LogP contribution in [0.1, 0.15) is 40.3 Å². The van der Waals surface area contributed by atoms with Gasteiger partial charge in [-0.3, -0.25) is 4.79 Å². The number of hydrogen-bond donors (Lipinski definition) is 3. The van der Waals surface area contributed by atoms with E-state index in [1.54, 1.807) is 19.1 Å². The van der Waals surface area contributed by atoms with E-state index in [0.29, 0.717) is 11.8 Å². The fourth-order valence-corrected chi connectivity index (χ4v) is 4.88. The third kappa shape index (κ3) is 9.99. The van der Waals surface area contributed by atoms with Crippen LogP contribution in [0.5, 0.6) is 0 Å². The smallest absolute Gasteiger partial charge is 0.340 e. The van der Waals surface area contributed by atoms with E-state index < -0.39 is 56.4 Å². The van der Waals surface area contributed by atoms with Gasteiger partial charge in [0.05, 0.1) is 35.1 Å². The first-order valence-corrected chi connectivity index (χ1v) is 14.6. The van der Waals surface area contributed by atoms with Crippen molar-refractivity contribution >= 4 is 45.0 Å². The first-order chi connectivity index (χ1) is 20.2. The number of ether oxygens (including phenoxy) is 2. The maximum Gasteiger partial charge on any atom is 0.340 e. The second kappa shape index (κ2) is 14.9. The van der Waals surface area contributed by atoms with E-state index in [1.807, 2.05) is 0 Å². The highest BCUT2D eigenvalue weighted by Gasteiger charge is 2.22. The molecule has 0 unspecified atom stereocenters. The van der Waals surface area contributed by atoms with E-state index in [4.69, 9.17) is 30.6 Å². The highest BCUT2D eigenvalue weighted by molar-refractivity contribution is 7.89. The van der Waals surface area contributed by atoms with Crippen LogP contribution < -0.4 is 15.8 Å². The molecule has 0 aliphatic heterocycles. The van der Waals surface area contributed by atoms with Gasteiger partial charge in [-0.1, -0.05) is 11.6 Å². The van der Waals surface area contributed by atoms with Crippen molar-refractivity contribution in [2.24, 2.45) is 5.14 Å². The zero-order chi connectivity index (χ0) is 31.7. The number of halogens is 3. The maximum atomic E-state index is 13.4. The number of carbonyl (C=O) groups excluding carboxylic acids is 3. The molecule has 2 atom stereocenters. The van der Waals surface area contributed by atoms with Crippen LogP contribution in [0.4, 0.5) is 14.5 Å². The Hall–Kier alpha value is -4.11. The third-order valence-electron chi connectivity index (χ3n) is 5.75. The number of primary sulfonamides is 1. The van der Waals surface area contributed by atoms with Crippen LogP contribution in [0, 0.1) is 11.6 Å².